The number of fused-ring (bicyclic) bond motifs is 1. The first kappa shape index (κ1) is 25.2. The molecule has 1 saturated heterocycles. The molecule has 0 aliphatic carbocycles. The van der Waals surface area contributed by atoms with Gasteiger partial charge in [0.15, 0.2) is 0 Å². The highest BCUT2D eigenvalue weighted by molar-refractivity contribution is 7.21. The summed E-state index contributed by atoms with van der Waals surface area (Å²) in [4.78, 5) is 10.8. The molecule has 6 rings (SSSR count). The molecule has 2 N–H and O–H groups in total. The van der Waals surface area contributed by atoms with Crippen LogP contribution in [0.15, 0.2) is 64.2 Å². The van der Waals surface area contributed by atoms with Crippen molar-refractivity contribution in [3.8, 4) is 22.4 Å². The second-order valence-electron chi connectivity index (χ2n) is 9.10. The van der Waals surface area contributed by atoms with E-state index in [4.69, 9.17) is 26.8 Å². The first-order valence-electron chi connectivity index (χ1n) is 12.2. The van der Waals surface area contributed by atoms with E-state index in [-0.39, 0.29) is 22.0 Å². The number of nitrogens with two attached hydrogens (primary N) is 1. The number of rotatable bonds is 5. The molecule has 1 aliphatic rings. The normalized spacial score (nSPS) is 14.3. The summed E-state index contributed by atoms with van der Waals surface area (Å²) in [5.41, 5.74) is 8.28. The Bertz CT molecular complexity index is 1710. The van der Waals surface area contributed by atoms with E-state index >= 15 is 0 Å². The van der Waals surface area contributed by atoms with Gasteiger partial charge in [0.2, 0.25) is 5.27 Å². The van der Waals surface area contributed by atoms with Gasteiger partial charge in [0, 0.05) is 33.5 Å². The Morgan fingerprint density at radius 3 is 2.59 bits per heavy atom. The Morgan fingerprint density at radius 1 is 1.08 bits per heavy atom. The molecule has 0 amide bonds. The lowest BCUT2D eigenvalue weighted by Crippen LogP contribution is -2.60. The first-order valence-corrected chi connectivity index (χ1v) is 13.4. The molecule has 0 atom stereocenters. The topological polar surface area (TPSA) is 107 Å². The summed E-state index contributed by atoms with van der Waals surface area (Å²) in [7, 11) is 0. The van der Waals surface area contributed by atoms with Gasteiger partial charge in [-0.05, 0) is 55.2 Å². The third kappa shape index (κ3) is 4.90. The minimum Gasteiger partial charge on any atom is -0.857 e. The molecule has 5 aromatic rings. The summed E-state index contributed by atoms with van der Waals surface area (Å²) in [6, 6.07) is 11.9. The SMILES string of the molecule is Nc1c(/C([O-])=N\c2c[n+](N3CCCCC3)no2)sc2nc(-c3ccc(Cl)cc3)cc(-c3ccc(F)cc3F)c12. The smallest absolute Gasteiger partial charge is 0.324 e. The minimum absolute atomic E-state index is 0.0297. The summed E-state index contributed by atoms with van der Waals surface area (Å²) < 4.78 is 33.9. The van der Waals surface area contributed by atoms with E-state index in [9.17, 15) is 13.9 Å². The van der Waals surface area contributed by atoms with E-state index < -0.39 is 17.5 Å². The molecule has 0 unspecified atom stereocenters. The van der Waals surface area contributed by atoms with Crippen LogP contribution in [0.5, 0.6) is 0 Å². The molecular formula is C27H21ClF2N6O2S. The Kier molecular flexibility index (Phi) is 6.61. The maximum Gasteiger partial charge on any atom is 0.324 e. The third-order valence-corrected chi connectivity index (χ3v) is 7.87. The monoisotopic (exact) mass is 566 g/mol. The van der Waals surface area contributed by atoms with Crippen LogP contribution in [0.4, 0.5) is 20.4 Å². The van der Waals surface area contributed by atoms with E-state index in [1.807, 2.05) is 5.01 Å². The van der Waals surface area contributed by atoms with E-state index in [0.717, 1.165) is 61.4 Å². The van der Waals surface area contributed by atoms with Gasteiger partial charge in [-0.25, -0.2) is 18.8 Å². The maximum atomic E-state index is 15.0. The van der Waals surface area contributed by atoms with Gasteiger partial charge >= 0.3 is 5.88 Å². The van der Waals surface area contributed by atoms with Gasteiger partial charge in [-0.3, -0.25) is 4.52 Å². The zero-order valence-electron chi connectivity index (χ0n) is 20.4. The fourth-order valence-electron chi connectivity index (χ4n) is 4.61. The average Bonchev–Trinajstić information content (AvgIpc) is 3.53. The summed E-state index contributed by atoms with van der Waals surface area (Å²) in [6.45, 7) is 1.66. The van der Waals surface area contributed by atoms with Crippen LogP contribution in [-0.2, 0) is 0 Å². The fraction of sp³-hybridized carbons (Fsp3) is 0.185. The van der Waals surface area contributed by atoms with E-state index in [1.54, 1.807) is 41.3 Å². The number of nitrogen functional groups attached to an aromatic ring is 1. The number of aromatic nitrogens is 3. The Morgan fingerprint density at radius 2 is 1.85 bits per heavy atom. The molecule has 2 aromatic carbocycles. The molecule has 1 aliphatic heterocycles. The summed E-state index contributed by atoms with van der Waals surface area (Å²) >= 11 is 7.08. The van der Waals surface area contributed by atoms with Crippen molar-refractivity contribution in [3.05, 3.63) is 76.3 Å². The number of aliphatic imine (C=N–C) groups is 1. The Hall–Kier alpha value is -4.09. The summed E-state index contributed by atoms with van der Waals surface area (Å²) in [6.07, 6.45) is 4.80. The van der Waals surface area contributed by atoms with Gasteiger partial charge in [-0.15, -0.1) is 11.3 Å². The van der Waals surface area contributed by atoms with Crippen molar-refractivity contribution in [1.82, 2.24) is 10.3 Å². The highest BCUT2D eigenvalue weighted by Gasteiger charge is 2.23. The number of halogens is 3. The second-order valence-corrected chi connectivity index (χ2v) is 10.5. The van der Waals surface area contributed by atoms with E-state index in [2.05, 4.69) is 10.3 Å². The van der Waals surface area contributed by atoms with Crippen LogP contribution >= 0.6 is 22.9 Å². The molecule has 39 heavy (non-hydrogen) atoms. The molecule has 0 spiro atoms. The number of pyridine rings is 1. The molecule has 12 heteroatoms. The first-order chi connectivity index (χ1) is 18.9. The molecule has 4 heterocycles. The largest absolute Gasteiger partial charge is 0.857 e. The predicted octanol–water partition coefficient (Wildman–Crippen LogP) is 4.98. The number of hydrogen-bond acceptors (Lipinski definition) is 8. The van der Waals surface area contributed by atoms with Crippen molar-refractivity contribution >= 4 is 50.6 Å². The van der Waals surface area contributed by atoms with E-state index in [1.165, 1.54) is 6.07 Å². The van der Waals surface area contributed by atoms with Crippen LogP contribution < -0.4 is 20.6 Å². The van der Waals surface area contributed by atoms with Gasteiger partial charge in [0.1, 0.15) is 16.5 Å². The molecule has 1 fully saturated rings. The van der Waals surface area contributed by atoms with Crippen molar-refractivity contribution in [2.45, 2.75) is 19.3 Å². The minimum atomic E-state index is -0.767. The van der Waals surface area contributed by atoms with Gasteiger partial charge in [0.25, 0.3) is 6.20 Å². The fourth-order valence-corrected chi connectivity index (χ4v) is 5.74. The van der Waals surface area contributed by atoms with Crippen LogP contribution in [0.3, 0.4) is 0 Å². The average molecular weight is 567 g/mol. The molecule has 3 aromatic heterocycles. The molecule has 8 nitrogen and oxygen atoms in total. The van der Waals surface area contributed by atoms with Crippen molar-refractivity contribution < 1.29 is 23.2 Å². The standard InChI is InChI=1S/C27H21ClF2N6O2S/c28-16-6-4-15(5-7-16)21-13-19(18-9-8-17(29)12-20(18)30)23-24(31)25(39-27(23)32-21)26(37)33-22-14-36(34-38-22)35-10-2-1-3-11-35/h4-9,12-14H,1-3,10-11H2,(H2-,31,33,34,37). The molecular weight excluding hydrogens is 546 g/mol. The quantitative estimate of drug-likeness (QED) is 0.183. The molecule has 0 bridgehead atoms. The number of nitrogens with zero attached hydrogens (tertiary/aromatic N) is 5. The van der Waals surface area contributed by atoms with Gasteiger partial charge < -0.3 is 10.8 Å². The lowest BCUT2D eigenvalue weighted by molar-refractivity contribution is -0.759. The highest BCUT2D eigenvalue weighted by atomic mass is 35.5. The molecule has 0 saturated carbocycles. The maximum absolute atomic E-state index is 15.0. The van der Waals surface area contributed by atoms with Crippen molar-refractivity contribution in [3.63, 3.8) is 0 Å². The third-order valence-electron chi connectivity index (χ3n) is 6.53. The van der Waals surface area contributed by atoms with Crippen molar-refractivity contribution in [1.29, 1.82) is 0 Å². The van der Waals surface area contributed by atoms with Crippen LogP contribution in [-0.4, -0.2) is 29.2 Å². The number of hydrogen-bond donors (Lipinski definition) is 1. The lowest BCUT2D eigenvalue weighted by atomic mass is 9.99. The number of thiophene rings is 1. The summed E-state index contributed by atoms with van der Waals surface area (Å²) in [5, 5.41) is 20.1. The zero-order valence-corrected chi connectivity index (χ0v) is 22.0. The number of piperidine rings is 1. The Balaban J connectivity index is 1.47. The van der Waals surface area contributed by atoms with Crippen LogP contribution in [0.2, 0.25) is 5.02 Å². The zero-order chi connectivity index (χ0) is 27.1. The second kappa shape index (κ2) is 10.2. The van der Waals surface area contributed by atoms with Gasteiger partial charge in [0.05, 0.1) is 34.1 Å². The number of benzene rings is 2. The number of anilines is 1. The van der Waals surface area contributed by atoms with Gasteiger partial charge in [-0.2, -0.15) is 5.01 Å². The van der Waals surface area contributed by atoms with Crippen molar-refractivity contribution in [2.24, 2.45) is 4.99 Å². The molecule has 198 valence electrons. The van der Waals surface area contributed by atoms with E-state index in [0.29, 0.717) is 26.5 Å². The Labute approximate surface area is 230 Å². The van der Waals surface area contributed by atoms with Gasteiger partial charge in [-0.1, -0.05) is 23.7 Å². The van der Waals surface area contributed by atoms with Crippen LogP contribution in [0.1, 0.15) is 24.1 Å². The molecule has 0 radical (unpaired) electrons. The predicted molar refractivity (Wildman–Crippen MR) is 145 cm³/mol. The summed E-state index contributed by atoms with van der Waals surface area (Å²) in [5.74, 6) is -2.09. The van der Waals surface area contributed by atoms with Crippen molar-refractivity contribution in [2.75, 3.05) is 23.8 Å². The van der Waals surface area contributed by atoms with Crippen LogP contribution in [0.25, 0.3) is 32.6 Å². The highest BCUT2D eigenvalue weighted by Crippen LogP contribution is 2.42. The van der Waals surface area contributed by atoms with Crippen LogP contribution in [0, 0.1) is 11.6 Å². The lowest BCUT2D eigenvalue weighted by Gasteiger charge is -2.17.